The number of carbonyl (C=O) groups is 2. The monoisotopic (exact) mass is 479 g/mol. The van der Waals surface area contributed by atoms with E-state index >= 15 is 4.39 Å². The summed E-state index contributed by atoms with van der Waals surface area (Å²) in [7, 11) is 3.07. The van der Waals surface area contributed by atoms with Gasteiger partial charge in [0, 0.05) is 43.4 Å². The van der Waals surface area contributed by atoms with Gasteiger partial charge in [-0.2, -0.15) is 0 Å². The zero-order chi connectivity index (χ0) is 25.3. The Morgan fingerprint density at radius 2 is 1.83 bits per heavy atom. The Bertz CT molecular complexity index is 1430. The van der Waals surface area contributed by atoms with Gasteiger partial charge in [-0.25, -0.2) is 18.7 Å². The number of benzene rings is 2. The van der Waals surface area contributed by atoms with Crippen LogP contribution in [0.2, 0.25) is 0 Å². The third kappa shape index (κ3) is 4.96. The molecule has 8 nitrogen and oxygen atoms in total. The Kier molecular flexibility index (Phi) is 6.46. The van der Waals surface area contributed by atoms with Crippen LogP contribution in [-0.2, 0) is 11.2 Å². The van der Waals surface area contributed by atoms with E-state index < -0.39 is 23.3 Å². The summed E-state index contributed by atoms with van der Waals surface area (Å²) in [4.78, 5) is 36.6. The van der Waals surface area contributed by atoms with Crippen LogP contribution in [0.5, 0.6) is 11.6 Å². The molecule has 0 saturated heterocycles. The van der Waals surface area contributed by atoms with Gasteiger partial charge in [0.15, 0.2) is 23.2 Å². The van der Waals surface area contributed by atoms with Crippen LogP contribution in [0.15, 0.2) is 42.7 Å². The number of H-pyrrole nitrogens is 1. The van der Waals surface area contributed by atoms with Gasteiger partial charge in [-0.1, -0.05) is 12.1 Å². The third-order valence-electron chi connectivity index (χ3n) is 5.21. The van der Waals surface area contributed by atoms with Gasteiger partial charge in [-0.3, -0.25) is 9.59 Å². The fraction of sp³-hybridized carbons (Fsp3) is 0.200. The average molecular weight is 479 g/mol. The predicted molar refractivity (Wildman–Crippen MR) is 127 cm³/mol. The summed E-state index contributed by atoms with van der Waals surface area (Å²) in [5.74, 6) is -2.49. The fourth-order valence-electron chi connectivity index (χ4n) is 3.60. The summed E-state index contributed by atoms with van der Waals surface area (Å²) in [5, 5.41) is 3.06. The van der Waals surface area contributed by atoms with Crippen molar-refractivity contribution in [2.45, 2.75) is 20.3 Å². The number of ether oxygens (including phenoxy) is 1. The number of halogens is 2. The van der Waals surface area contributed by atoms with Crippen molar-refractivity contribution < 1.29 is 23.1 Å². The Labute approximate surface area is 200 Å². The number of Topliss-reactive ketones (excluding diaryl/α,β-unsaturated/α-hetero) is 1. The first-order chi connectivity index (χ1) is 16.6. The van der Waals surface area contributed by atoms with Crippen LogP contribution in [0.25, 0.3) is 10.9 Å². The number of nitrogens with zero attached hydrogens (tertiary/aromatic N) is 3. The Morgan fingerprint density at radius 3 is 2.49 bits per heavy atom. The van der Waals surface area contributed by atoms with Crippen molar-refractivity contribution in [1.29, 1.82) is 0 Å². The van der Waals surface area contributed by atoms with E-state index in [0.717, 1.165) is 18.0 Å². The molecule has 35 heavy (non-hydrogen) atoms. The maximum atomic E-state index is 15.1. The number of aryl methyl sites for hydroxylation is 1. The number of amides is 1. The van der Waals surface area contributed by atoms with Crippen LogP contribution in [0.4, 0.5) is 20.3 Å². The summed E-state index contributed by atoms with van der Waals surface area (Å²) < 4.78 is 35.4. The van der Waals surface area contributed by atoms with E-state index in [1.54, 1.807) is 31.2 Å². The second kappa shape index (κ2) is 9.49. The minimum Gasteiger partial charge on any atom is -0.435 e. The molecule has 0 spiro atoms. The molecule has 0 unspecified atom stereocenters. The highest BCUT2D eigenvalue weighted by Gasteiger charge is 2.25. The fourth-order valence-corrected chi connectivity index (χ4v) is 3.60. The summed E-state index contributed by atoms with van der Waals surface area (Å²) in [6, 6.07) is 9.41. The Hall–Kier alpha value is -4.34. The topological polar surface area (TPSA) is 100 Å². The van der Waals surface area contributed by atoms with Crippen LogP contribution in [0.3, 0.4) is 0 Å². The molecule has 2 N–H and O–H groups in total. The molecule has 0 aliphatic rings. The van der Waals surface area contributed by atoms with Gasteiger partial charge in [0.2, 0.25) is 5.88 Å². The number of nitrogens with one attached hydrogen (secondary N) is 2. The average Bonchev–Trinajstić information content (AvgIpc) is 3.20. The lowest BCUT2D eigenvalue weighted by molar-refractivity contribution is -0.116. The van der Waals surface area contributed by atoms with E-state index in [1.807, 2.05) is 0 Å². The van der Waals surface area contributed by atoms with Crippen molar-refractivity contribution in [1.82, 2.24) is 19.9 Å². The van der Waals surface area contributed by atoms with E-state index in [0.29, 0.717) is 17.8 Å². The molecule has 0 radical (unpaired) electrons. The Balaban J connectivity index is 1.74. The largest absolute Gasteiger partial charge is 0.435 e. The molecule has 180 valence electrons. The Morgan fingerprint density at radius 1 is 1.11 bits per heavy atom. The molecule has 0 saturated carbocycles. The number of anilines is 2. The van der Waals surface area contributed by atoms with Crippen LogP contribution in [0, 0.1) is 18.6 Å². The molecular formula is C25H23F2N5O3. The first-order valence-corrected chi connectivity index (χ1v) is 10.7. The van der Waals surface area contributed by atoms with Crippen LogP contribution >= 0.6 is 0 Å². The maximum Gasteiger partial charge on any atom is 0.262 e. The molecular weight excluding hydrogens is 456 g/mol. The van der Waals surface area contributed by atoms with Gasteiger partial charge in [-0.05, 0) is 37.6 Å². The molecule has 4 aromatic rings. The molecule has 4 rings (SSSR count). The zero-order valence-corrected chi connectivity index (χ0v) is 19.6. The summed E-state index contributed by atoms with van der Waals surface area (Å²) >= 11 is 0. The van der Waals surface area contributed by atoms with E-state index in [2.05, 4.69) is 20.3 Å². The molecule has 0 atom stereocenters. The molecule has 2 aromatic carbocycles. The quantitative estimate of drug-likeness (QED) is 0.391. The lowest BCUT2D eigenvalue weighted by Crippen LogP contribution is -2.24. The highest BCUT2D eigenvalue weighted by atomic mass is 19.1. The second-order valence-corrected chi connectivity index (χ2v) is 8.32. The number of aromatic nitrogens is 3. The molecule has 0 aliphatic carbocycles. The number of fused-ring (bicyclic) bond motifs is 1. The molecule has 2 aromatic heterocycles. The minimum absolute atomic E-state index is 0.0233. The normalized spacial score (nSPS) is 10.9. The first-order valence-electron chi connectivity index (χ1n) is 10.7. The highest BCUT2D eigenvalue weighted by molar-refractivity contribution is 6.01. The van der Waals surface area contributed by atoms with E-state index in [4.69, 9.17) is 4.74 Å². The van der Waals surface area contributed by atoms with Gasteiger partial charge in [-0.15, -0.1) is 0 Å². The highest BCUT2D eigenvalue weighted by Crippen LogP contribution is 2.35. The predicted octanol–water partition coefficient (Wildman–Crippen LogP) is 4.91. The molecule has 2 heterocycles. The summed E-state index contributed by atoms with van der Waals surface area (Å²) in [6.45, 7) is 3.19. The van der Waals surface area contributed by atoms with E-state index in [-0.39, 0.29) is 33.9 Å². The number of aromatic amines is 1. The van der Waals surface area contributed by atoms with Crippen molar-refractivity contribution in [2.75, 3.05) is 19.4 Å². The van der Waals surface area contributed by atoms with Gasteiger partial charge < -0.3 is 19.9 Å². The van der Waals surface area contributed by atoms with Crippen LogP contribution in [0.1, 0.15) is 28.5 Å². The molecule has 10 heteroatoms. The van der Waals surface area contributed by atoms with Crippen molar-refractivity contribution in [3.8, 4) is 11.6 Å². The zero-order valence-electron chi connectivity index (χ0n) is 19.6. The van der Waals surface area contributed by atoms with Crippen molar-refractivity contribution in [2.24, 2.45) is 0 Å². The number of ketones is 1. The summed E-state index contributed by atoms with van der Waals surface area (Å²) in [5.41, 5.74) is 1.98. The molecule has 0 bridgehead atoms. The molecule has 1 amide bonds. The van der Waals surface area contributed by atoms with Crippen LogP contribution < -0.4 is 10.1 Å². The third-order valence-corrected chi connectivity index (χ3v) is 5.21. The lowest BCUT2D eigenvalue weighted by Gasteiger charge is -2.17. The molecule has 0 fully saturated rings. The van der Waals surface area contributed by atoms with Gasteiger partial charge in [0.05, 0.1) is 5.52 Å². The molecule has 0 aliphatic heterocycles. The SMILES string of the molecule is CC(=O)Cc1ccc(Nc2ncnc(Oc3cc(F)c4[nH]c(C)cc4c3F)c2C(=O)N(C)C)cc1. The lowest BCUT2D eigenvalue weighted by atomic mass is 10.1. The first kappa shape index (κ1) is 23.8. The van der Waals surface area contributed by atoms with Crippen molar-refractivity contribution in [3.05, 3.63) is 71.2 Å². The van der Waals surface area contributed by atoms with Crippen LogP contribution in [-0.4, -0.2) is 45.6 Å². The van der Waals surface area contributed by atoms with Gasteiger partial charge >= 0.3 is 0 Å². The second-order valence-electron chi connectivity index (χ2n) is 8.32. The van der Waals surface area contributed by atoms with Crippen molar-refractivity contribution >= 4 is 34.1 Å². The number of hydrogen-bond donors (Lipinski definition) is 2. The van der Waals surface area contributed by atoms with E-state index in [9.17, 15) is 14.0 Å². The summed E-state index contributed by atoms with van der Waals surface area (Å²) in [6.07, 6.45) is 1.46. The number of rotatable bonds is 7. The smallest absolute Gasteiger partial charge is 0.262 e. The standard InChI is InChI=1S/C25H23F2N5O3/c1-13-9-17-21(27)19(11-18(26)22(17)30-13)35-24-20(25(34)32(3)4)23(28-12-29-24)31-16-7-5-15(6-8-16)10-14(2)33/h5-9,11-12,30H,10H2,1-4H3,(H,28,29,31). The number of hydrogen-bond acceptors (Lipinski definition) is 6. The van der Waals surface area contributed by atoms with Crippen molar-refractivity contribution in [3.63, 3.8) is 0 Å². The van der Waals surface area contributed by atoms with E-state index in [1.165, 1.54) is 32.0 Å². The number of carbonyl (C=O) groups excluding carboxylic acids is 2. The van der Waals surface area contributed by atoms with Gasteiger partial charge in [0.25, 0.3) is 5.91 Å². The van der Waals surface area contributed by atoms with Gasteiger partial charge in [0.1, 0.15) is 17.7 Å². The minimum atomic E-state index is -0.789. The maximum absolute atomic E-state index is 15.1.